The van der Waals surface area contributed by atoms with Crippen molar-refractivity contribution in [3.8, 4) is 0 Å². The van der Waals surface area contributed by atoms with Crippen LogP contribution in [0.1, 0.15) is 12.5 Å². The molecule has 4 rings (SSSR count). The largest absolute Gasteiger partial charge is 0.392 e. The van der Waals surface area contributed by atoms with Crippen molar-refractivity contribution in [2.45, 2.75) is 24.6 Å². The molecule has 5 atom stereocenters. The minimum absolute atomic E-state index is 0.105. The summed E-state index contributed by atoms with van der Waals surface area (Å²) < 4.78 is 5.00. The molecule has 27 heavy (non-hydrogen) atoms. The first-order valence-electron chi connectivity index (χ1n) is 8.75. The first-order chi connectivity index (χ1) is 12.8. The summed E-state index contributed by atoms with van der Waals surface area (Å²) in [6.45, 7) is 1.84. The van der Waals surface area contributed by atoms with Crippen LogP contribution in [-0.2, 0) is 24.7 Å². The molecule has 0 aliphatic carbocycles. The Balaban J connectivity index is 1.87. The van der Waals surface area contributed by atoms with Crippen LogP contribution in [0.2, 0.25) is 5.02 Å². The molecular weight excluding hydrogens is 374 g/mol. The Bertz CT molecular complexity index is 844. The van der Waals surface area contributed by atoms with Crippen molar-refractivity contribution in [1.29, 1.82) is 0 Å². The molecule has 0 radical (unpaired) electrons. The van der Waals surface area contributed by atoms with Crippen LogP contribution in [0.5, 0.6) is 0 Å². The fraction of sp³-hybridized carbons (Fsp3) is 0.500. The number of amides is 3. The highest BCUT2D eigenvalue weighted by atomic mass is 35.5. The van der Waals surface area contributed by atoms with E-state index in [1.54, 1.807) is 18.2 Å². The number of anilines is 1. The predicted molar refractivity (Wildman–Crippen MR) is 95.9 cm³/mol. The number of rotatable bonds is 4. The van der Waals surface area contributed by atoms with Gasteiger partial charge in [0.05, 0.1) is 41.8 Å². The maximum absolute atomic E-state index is 13.2. The fourth-order valence-corrected chi connectivity index (χ4v) is 4.82. The number of hydrogen-bond acceptors (Lipinski definition) is 6. The van der Waals surface area contributed by atoms with Crippen molar-refractivity contribution in [2.24, 2.45) is 11.8 Å². The average Bonchev–Trinajstić information content (AvgIpc) is 3.21. The quantitative estimate of drug-likeness (QED) is 0.626. The molecule has 3 heterocycles. The number of nitrogens with zero attached hydrogens (tertiary/aromatic N) is 1. The monoisotopic (exact) mass is 393 g/mol. The maximum atomic E-state index is 13.2. The summed E-state index contributed by atoms with van der Waals surface area (Å²) in [5.74, 6) is -3.09. The van der Waals surface area contributed by atoms with Gasteiger partial charge >= 0.3 is 0 Å². The van der Waals surface area contributed by atoms with E-state index in [4.69, 9.17) is 16.3 Å². The van der Waals surface area contributed by atoms with E-state index in [1.165, 1.54) is 14.0 Å². The topological polar surface area (TPSA) is 108 Å². The SMILES string of the molecule is COCCN1C(=O)C2C(C(C)O)NC3(C(=O)Nc4c(Cl)cccc43)C2C1=O. The summed E-state index contributed by atoms with van der Waals surface area (Å²) in [7, 11) is 1.48. The third-order valence-electron chi connectivity index (χ3n) is 5.76. The summed E-state index contributed by atoms with van der Waals surface area (Å²) in [6.07, 6.45) is -0.938. The van der Waals surface area contributed by atoms with E-state index in [-0.39, 0.29) is 13.2 Å². The Hall–Kier alpha value is -2.00. The van der Waals surface area contributed by atoms with E-state index < -0.39 is 47.2 Å². The number of para-hydroxylation sites is 1. The summed E-state index contributed by atoms with van der Waals surface area (Å²) in [6, 6.07) is 4.31. The Morgan fingerprint density at radius 2 is 2.07 bits per heavy atom. The zero-order chi connectivity index (χ0) is 19.5. The molecular formula is C18H20ClN3O5. The molecule has 2 saturated heterocycles. The van der Waals surface area contributed by atoms with Gasteiger partial charge in [-0.25, -0.2) is 0 Å². The van der Waals surface area contributed by atoms with Crippen molar-refractivity contribution in [3.63, 3.8) is 0 Å². The highest BCUT2D eigenvalue weighted by Gasteiger charge is 2.71. The van der Waals surface area contributed by atoms with E-state index in [0.29, 0.717) is 16.3 Å². The summed E-state index contributed by atoms with van der Waals surface area (Å²) in [5.41, 5.74) is -0.494. The Labute approximate surface area is 160 Å². The lowest BCUT2D eigenvalue weighted by molar-refractivity contribution is -0.143. The third kappa shape index (κ3) is 2.30. The zero-order valence-corrected chi connectivity index (χ0v) is 15.6. The number of methoxy groups -OCH3 is 1. The molecule has 9 heteroatoms. The van der Waals surface area contributed by atoms with Crippen molar-refractivity contribution in [2.75, 3.05) is 25.6 Å². The summed E-state index contributed by atoms with van der Waals surface area (Å²) >= 11 is 6.23. The molecule has 3 amide bonds. The van der Waals surface area contributed by atoms with Gasteiger partial charge in [0.15, 0.2) is 0 Å². The molecule has 8 nitrogen and oxygen atoms in total. The van der Waals surface area contributed by atoms with Gasteiger partial charge in [0, 0.05) is 18.7 Å². The van der Waals surface area contributed by atoms with Crippen molar-refractivity contribution in [1.82, 2.24) is 10.2 Å². The fourth-order valence-electron chi connectivity index (χ4n) is 4.60. The van der Waals surface area contributed by atoms with Gasteiger partial charge in [-0.2, -0.15) is 0 Å². The molecule has 3 aliphatic heterocycles. The molecule has 3 N–H and O–H groups in total. The number of imide groups is 1. The van der Waals surface area contributed by atoms with Crippen molar-refractivity contribution >= 4 is 35.0 Å². The molecule has 5 unspecified atom stereocenters. The minimum Gasteiger partial charge on any atom is -0.392 e. The van der Waals surface area contributed by atoms with E-state index in [2.05, 4.69) is 10.6 Å². The average molecular weight is 394 g/mol. The number of aliphatic hydroxyl groups is 1. The van der Waals surface area contributed by atoms with Gasteiger partial charge in [0.25, 0.3) is 0 Å². The molecule has 0 aromatic heterocycles. The summed E-state index contributed by atoms with van der Waals surface area (Å²) in [5, 5.41) is 16.5. The van der Waals surface area contributed by atoms with Crippen molar-refractivity contribution in [3.05, 3.63) is 28.8 Å². The number of ether oxygens (including phenoxy) is 1. The van der Waals surface area contributed by atoms with E-state index >= 15 is 0 Å². The number of fused-ring (bicyclic) bond motifs is 4. The molecule has 1 aromatic rings. The normalized spacial score (nSPS) is 32.8. The summed E-state index contributed by atoms with van der Waals surface area (Å²) in [4.78, 5) is 40.4. The van der Waals surface area contributed by atoms with Gasteiger partial charge in [0.2, 0.25) is 17.7 Å². The van der Waals surface area contributed by atoms with Crippen LogP contribution in [0.25, 0.3) is 0 Å². The van der Waals surface area contributed by atoms with E-state index in [9.17, 15) is 19.5 Å². The Morgan fingerprint density at radius 3 is 2.74 bits per heavy atom. The number of benzene rings is 1. The molecule has 3 aliphatic rings. The van der Waals surface area contributed by atoms with E-state index in [1.807, 2.05) is 0 Å². The minimum atomic E-state index is -1.44. The molecule has 1 aromatic carbocycles. The van der Waals surface area contributed by atoms with Crippen LogP contribution in [0.3, 0.4) is 0 Å². The van der Waals surface area contributed by atoms with Gasteiger partial charge in [-0.3, -0.25) is 24.6 Å². The predicted octanol–water partition coefficient (Wildman–Crippen LogP) is 0.0876. The first kappa shape index (κ1) is 18.4. The van der Waals surface area contributed by atoms with Crippen LogP contribution < -0.4 is 10.6 Å². The van der Waals surface area contributed by atoms with Gasteiger partial charge in [-0.1, -0.05) is 23.7 Å². The zero-order valence-electron chi connectivity index (χ0n) is 14.9. The highest BCUT2D eigenvalue weighted by Crippen LogP contribution is 2.54. The number of carbonyl (C=O) groups excluding carboxylic acids is 3. The van der Waals surface area contributed by atoms with Crippen LogP contribution in [0.4, 0.5) is 5.69 Å². The molecule has 0 saturated carbocycles. The van der Waals surface area contributed by atoms with Gasteiger partial charge in [-0.15, -0.1) is 0 Å². The van der Waals surface area contributed by atoms with Crippen LogP contribution in [0, 0.1) is 11.8 Å². The second-order valence-corrected chi connectivity index (χ2v) is 7.57. The van der Waals surface area contributed by atoms with E-state index in [0.717, 1.165) is 4.90 Å². The molecule has 1 spiro atoms. The number of hydrogen-bond donors (Lipinski definition) is 3. The third-order valence-corrected chi connectivity index (χ3v) is 6.08. The van der Waals surface area contributed by atoms with Crippen LogP contribution in [-0.4, -0.2) is 60.1 Å². The van der Waals surface area contributed by atoms with Crippen LogP contribution >= 0.6 is 11.6 Å². The number of aliphatic hydroxyl groups excluding tert-OH is 1. The molecule has 2 fully saturated rings. The standard InChI is InChI=1S/C18H20ClN3O5/c1-8(23)13-11-12(16(25)22(15(11)24)6-7-27-2)18(21-13)9-4-3-5-10(19)14(9)20-17(18)26/h3-5,8,11-13,21,23H,6-7H2,1-2H3,(H,20,26). The highest BCUT2D eigenvalue weighted by molar-refractivity contribution is 6.35. The number of carbonyl (C=O) groups is 3. The van der Waals surface area contributed by atoms with Gasteiger partial charge in [0.1, 0.15) is 5.54 Å². The maximum Gasteiger partial charge on any atom is 0.250 e. The molecule has 0 bridgehead atoms. The van der Waals surface area contributed by atoms with Gasteiger partial charge < -0.3 is 15.2 Å². The Morgan fingerprint density at radius 1 is 1.33 bits per heavy atom. The lowest BCUT2D eigenvalue weighted by atomic mass is 9.76. The second-order valence-electron chi connectivity index (χ2n) is 7.16. The smallest absolute Gasteiger partial charge is 0.250 e. The molecule has 144 valence electrons. The van der Waals surface area contributed by atoms with Crippen LogP contribution in [0.15, 0.2) is 18.2 Å². The number of likely N-dealkylation sites (tertiary alicyclic amines) is 1. The lowest BCUT2D eigenvalue weighted by Gasteiger charge is -2.30. The first-order valence-corrected chi connectivity index (χ1v) is 9.12. The van der Waals surface area contributed by atoms with Crippen molar-refractivity contribution < 1.29 is 24.2 Å². The number of nitrogens with one attached hydrogen (secondary N) is 2. The van der Waals surface area contributed by atoms with Gasteiger partial charge in [-0.05, 0) is 13.0 Å². The second kappa shape index (κ2) is 6.27. The number of halogens is 1. The lowest BCUT2D eigenvalue weighted by Crippen LogP contribution is -2.55. The Kier molecular flexibility index (Phi) is 4.27.